The lowest BCUT2D eigenvalue weighted by molar-refractivity contribution is -0.136. The van der Waals surface area contributed by atoms with Crippen molar-refractivity contribution in [2.75, 3.05) is 11.9 Å². The van der Waals surface area contributed by atoms with Crippen molar-refractivity contribution in [3.63, 3.8) is 0 Å². The highest BCUT2D eigenvalue weighted by Crippen LogP contribution is 2.37. The first-order valence-electron chi connectivity index (χ1n) is 10.2. The number of nitrogens with zero attached hydrogens (tertiary/aromatic N) is 1. The van der Waals surface area contributed by atoms with Crippen molar-refractivity contribution in [3.05, 3.63) is 86.1 Å². The van der Waals surface area contributed by atoms with Crippen LogP contribution in [0.1, 0.15) is 18.1 Å². The van der Waals surface area contributed by atoms with Crippen molar-refractivity contribution in [3.8, 4) is 11.5 Å². The van der Waals surface area contributed by atoms with Crippen molar-refractivity contribution in [2.24, 2.45) is 5.10 Å². The van der Waals surface area contributed by atoms with E-state index in [0.717, 1.165) is 11.6 Å². The van der Waals surface area contributed by atoms with E-state index >= 15 is 0 Å². The van der Waals surface area contributed by atoms with Gasteiger partial charge in [-0.3, -0.25) is 9.59 Å². The van der Waals surface area contributed by atoms with Gasteiger partial charge in [0.25, 0.3) is 0 Å². The van der Waals surface area contributed by atoms with Crippen LogP contribution < -0.4 is 20.2 Å². The molecule has 0 spiro atoms. The number of rotatable bonds is 8. The van der Waals surface area contributed by atoms with Crippen LogP contribution in [0.15, 0.2) is 64.2 Å². The fourth-order valence-electron chi connectivity index (χ4n) is 2.81. The molecule has 0 bridgehead atoms. The van der Waals surface area contributed by atoms with Crippen LogP contribution in [0.25, 0.3) is 0 Å². The van der Waals surface area contributed by atoms with Gasteiger partial charge in [-0.25, -0.2) is 9.82 Å². The fraction of sp³-hybridized carbons (Fsp3) is 0.125. The van der Waals surface area contributed by atoms with E-state index in [4.69, 9.17) is 32.7 Å². The van der Waals surface area contributed by atoms with Crippen molar-refractivity contribution >= 4 is 62.8 Å². The fourth-order valence-corrected chi connectivity index (χ4v) is 3.75. The second kappa shape index (κ2) is 12.5. The van der Waals surface area contributed by atoms with Gasteiger partial charge in [0.15, 0.2) is 11.5 Å². The summed E-state index contributed by atoms with van der Waals surface area (Å²) >= 11 is 15.3. The molecule has 0 unspecified atom stereocenters. The van der Waals surface area contributed by atoms with E-state index in [1.807, 2.05) is 25.1 Å². The third kappa shape index (κ3) is 7.42. The topological polar surface area (TPSA) is 89.0 Å². The number of hydrogen-bond donors (Lipinski definition) is 2. The number of carbonyl (C=O) groups is 2. The predicted octanol–water partition coefficient (Wildman–Crippen LogP) is 5.96. The van der Waals surface area contributed by atoms with Crippen molar-refractivity contribution in [1.29, 1.82) is 0 Å². The van der Waals surface area contributed by atoms with Gasteiger partial charge in [0.05, 0.1) is 22.3 Å². The van der Waals surface area contributed by atoms with Crippen molar-refractivity contribution in [1.82, 2.24) is 5.43 Å². The molecule has 2 N–H and O–H groups in total. The summed E-state index contributed by atoms with van der Waals surface area (Å²) in [5, 5.41) is 6.52. The first kappa shape index (κ1) is 26.5. The van der Waals surface area contributed by atoms with E-state index in [9.17, 15) is 14.0 Å². The molecular formula is C24H19BrCl2FN3O4. The maximum Gasteiger partial charge on any atom is 0.329 e. The van der Waals surface area contributed by atoms with Gasteiger partial charge in [-0.15, -0.1) is 0 Å². The number of benzene rings is 3. The van der Waals surface area contributed by atoms with Crippen LogP contribution in [0.2, 0.25) is 10.0 Å². The number of amides is 2. The van der Waals surface area contributed by atoms with Crippen LogP contribution in [0.4, 0.5) is 10.1 Å². The number of nitrogens with one attached hydrogen (secondary N) is 2. The highest BCUT2D eigenvalue weighted by molar-refractivity contribution is 9.10. The molecule has 3 rings (SSSR count). The molecule has 7 nitrogen and oxygen atoms in total. The molecule has 3 aromatic carbocycles. The number of hydrazone groups is 1. The van der Waals surface area contributed by atoms with Crippen LogP contribution in [0.5, 0.6) is 11.5 Å². The van der Waals surface area contributed by atoms with Crippen molar-refractivity contribution in [2.45, 2.75) is 13.5 Å². The first-order valence-corrected chi connectivity index (χ1v) is 11.7. The molecule has 0 saturated carbocycles. The molecule has 0 aliphatic rings. The third-order valence-corrected chi connectivity index (χ3v) is 5.67. The molecule has 0 aliphatic carbocycles. The molecule has 11 heteroatoms. The molecular weight excluding hydrogens is 564 g/mol. The Bertz CT molecular complexity index is 1270. The molecule has 3 aromatic rings. The highest BCUT2D eigenvalue weighted by Gasteiger charge is 2.15. The van der Waals surface area contributed by atoms with Gasteiger partial charge in [-0.2, -0.15) is 5.10 Å². The lowest BCUT2D eigenvalue weighted by atomic mass is 10.2. The van der Waals surface area contributed by atoms with Gasteiger partial charge < -0.3 is 14.8 Å². The standard InChI is InChI=1S/C24H19BrCl2FN3O4/c1-2-34-21-10-14(9-17(25)22(21)35-13-15-5-3-4-6-18(15)26)12-29-31-24(33)23(32)30-16-7-8-20(28)19(27)11-16/h3-12H,2,13H2,1H3,(H,30,32)(H,31,33)/b29-12+. The van der Waals surface area contributed by atoms with Crippen LogP contribution in [-0.4, -0.2) is 24.6 Å². The molecule has 0 atom stereocenters. The average molecular weight is 583 g/mol. The summed E-state index contributed by atoms with van der Waals surface area (Å²) in [5.74, 6) is -1.73. The van der Waals surface area contributed by atoms with E-state index < -0.39 is 17.6 Å². The van der Waals surface area contributed by atoms with E-state index in [1.165, 1.54) is 18.3 Å². The summed E-state index contributed by atoms with van der Waals surface area (Å²) in [6, 6.07) is 14.3. The zero-order chi connectivity index (χ0) is 25.4. The Labute approximate surface area is 219 Å². The number of carbonyl (C=O) groups excluding carboxylic acids is 2. The number of halogens is 4. The summed E-state index contributed by atoms with van der Waals surface area (Å²) in [4.78, 5) is 24.0. The third-order valence-electron chi connectivity index (χ3n) is 4.42. The van der Waals surface area contributed by atoms with Crippen molar-refractivity contribution < 1.29 is 23.5 Å². The lowest BCUT2D eigenvalue weighted by Gasteiger charge is -2.15. The minimum atomic E-state index is -1.02. The Morgan fingerprint density at radius 3 is 2.54 bits per heavy atom. The first-order chi connectivity index (χ1) is 16.8. The molecule has 2 amide bonds. The minimum Gasteiger partial charge on any atom is -0.490 e. The maximum absolute atomic E-state index is 13.2. The maximum atomic E-state index is 13.2. The molecule has 35 heavy (non-hydrogen) atoms. The Hall–Kier alpha value is -3.14. The molecule has 0 heterocycles. The molecule has 0 aliphatic heterocycles. The van der Waals surface area contributed by atoms with Gasteiger partial charge >= 0.3 is 11.8 Å². The predicted molar refractivity (Wildman–Crippen MR) is 137 cm³/mol. The summed E-state index contributed by atoms with van der Waals surface area (Å²) in [7, 11) is 0. The van der Waals surface area contributed by atoms with E-state index in [0.29, 0.717) is 33.2 Å². The second-order valence-corrected chi connectivity index (χ2v) is 8.59. The summed E-state index contributed by atoms with van der Waals surface area (Å²) in [6.45, 7) is 2.45. The number of anilines is 1. The SMILES string of the molecule is CCOc1cc(/C=N/NC(=O)C(=O)Nc2ccc(F)c(Cl)c2)cc(Br)c1OCc1ccccc1Cl. The van der Waals surface area contributed by atoms with Gasteiger partial charge in [0.1, 0.15) is 12.4 Å². The number of hydrogen-bond acceptors (Lipinski definition) is 5. The highest BCUT2D eigenvalue weighted by atomic mass is 79.9. The Balaban J connectivity index is 1.66. The molecule has 0 radical (unpaired) electrons. The monoisotopic (exact) mass is 581 g/mol. The van der Waals surface area contributed by atoms with Crippen LogP contribution >= 0.6 is 39.1 Å². The molecule has 0 fully saturated rings. The largest absolute Gasteiger partial charge is 0.490 e. The Morgan fingerprint density at radius 2 is 1.83 bits per heavy atom. The van der Waals surface area contributed by atoms with E-state index in [-0.39, 0.29) is 17.3 Å². The van der Waals surface area contributed by atoms with Crippen LogP contribution in [0, 0.1) is 5.82 Å². The normalized spacial score (nSPS) is 10.8. The smallest absolute Gasteiger partial charge is 0.329 e. The average Bonchev–Trinajstić information content (AvgIpc) is 2.82. The van der Waals surface area contributed by atoms with Gasteiger partial charge in [-0.1, -0.05) is 41.4 Å². The van der Waals surface area contributed by atoms with E-state index in [1.54, 1.807) is 18.2 Å². The van der Waals surface area contributed by atoms with Gasteiger partial charge in [-0.05, 0) is 64.8 Å². The number of ether oxygens (including phenoxy) is 2. The molecule has 0 saturated heterocycles. The second-order valence-electron chi connectivity index (χ2n) is 6.93. The Kier molecular flexibility index (Phi) is 9.47. The minimum absolute atomic E-state index is 0.165. The Morgan fingerprint density at radius 1 is 1.06 bits per heavy atom. The summed E-state index contributed by atoms with van der Waals surface area (Å²) < 4.78 is 25.4. The zero-order valence-electron chi connectivity index (χ0n) is 18.3. The summed E-state index contributed by atoms with van der Waals surface area (Å²) in [5.41, 5.74) is 3.67. The van der Waals surface area contributed by atoms with Crippen LogP contribution in [0.3, 0.4) is 0 Å². The van der Waals surface area contributed by atoms with E-state index in [2.05, 4.69) is 31.8 Å². The molecule has 182 valence electrons. The van der Waals surface area contributed by atoms with Crippen LogP contribution in [-0.2, 0) is 16.2 Å². The van der Waals surface area contributed by atoms with Gasteiger partial charge in [0.2, 0.25) is 0 Å². The lowest BCUT2D eigenvalue weighted by Crippen LogP contribution is -2.32. The quantitative estimate of drug-likeness (QED) is 0.195. The van der Waals surface area contributed by atoms with Gasteiger partial charge in [0, 0.05) is 16.3 Å². The zero-order valence-corrected chi connectivity index (χ0v) is 21.4. The summed E-state index contributed by atoms with van der Waals surface area (Å²) in [6.07, 6.45) is 1.34. The molecule has 0 aromatic heterocycles.